The minimum absolute atomic E-state index is 0.435. The monoisotopic (exact) mass is 282 g/mol. The van der Waals surface area contributed by atoms with Gasteiger partial charge in [-0.3, -0.25) is 0 Å². The lowest BCUT2D eigenvalue weighted by atomic mass is 9.67. The molecule has 0 saturated heterocycles. The van der Waals surface area contributed by atoms with Crippen molar-refractivity contribution in [2.24, 2.45) is 27.6 Å². The third kappa shape index (κ3) is 10.7. The maximum Gasteiger partial charge on any atom is -0.0347 e. The fourth-order valence-corrected chi connectivity index (χ4v) is 4.97. The van der Waals surface area contributed by atoms with E-state index >= 15 is 0 Å². The molecule has 0 heteroatoms. The molecule has 20 heavy (non-hydrogen) atoms. The van der Waals surface area contributed by atoms with E-state index in [4.69, 9.17) is 0 Å². The molecule has 0 amide bonds. The molecule has 0 bridgehead atoms. The molecule has 122 valence electrons. The molecule has 0 saturated carbocycles. The van der Waals surface area contributed by atoms with E-state index < -0.39 is 0 Å². The highest BCUT2D eigenvalue weighted by Gasteiger charge is 2.31. The average Bonchev–Trinajstić information content (AvgIpc) is 1.86. The summed E-state index contributed by atoms with van der Waals surface area (Å²) in [7, 11) is 0. The first-order valence-electron chi connectivity index (χ1n) is 8.52. The van der Waals surface area contributed by atoms with Crippen LogP contribution in [0.4, 0.5) is 0 Å². The summed E-state index contributed by atoms with van der Waals surface area (Å²) >= 11 is 0. The summed E-state index contributed by atoms with van der Waals surface area (Å²) in [6, 6.07) is 0. The highest BCUT2D eigenvalue weighted by molar-refractivity contribution is 4.82. The second-order valence-corrected chi connectivity index (χ2v) is 11.3. The number of hydrogen-bond acceptors (Lipinski definition) is 0. The van der Waals surface area contributed by atoms with Crippen LogP contribution in [-0.2, 0) is 0 Å². The van der Waals surface area contributed by atoms with Crippen LogP contribution in [-0.4, -0.2) is 0 Å². The minimum atomic E-state index is 0.435. The summed E-state index contributed by atoms with van der Waals surface area (Å²) in [5.41, 5.74) is 1.78. The van der Waals surface area contributed by atoms with Crippen molar-refractivity contribution < 1.29 is 0 Å². The lowest BCUT2D eigenvalue weighted by molar-refractivity contribution is 0.129. The van der Waals surface area contributed by atoms with Gasteiger partial charge < -0.3 is 0 Å². The Morgan fingerprint density at radius 1 is 0.550 bits per heavy atom. The van der Waals surface area contributed by atoms with Gasteiger partial charge in [0, 0.05) is 0 Å². The van der Waals surface area contributed by atoms with E-state index in [1.807, 2.05) is 0 Å². The van der Waals surface area contributed by atoms with Crippen LogP contribution in [0.2, 0.25) is 0 Å². The van der Waals surface area contributed by atoms with Crippen molar-refractivity contribution in [1.29, 1.82) is 0 Å². The Balaban J connectivity index is 4.52. The maximum atomic E-state index is 2.45. The Hall–Kier alpha value is 0. The van der Waals surface area contributed by atoms with E-state index in [1.165, 1.54) is 25.7 Å². The van der Waals surface area contributed by atoms with Crippen LogP contribution in [0.3, 0.4) is 0 Å². The molecule has 0 rings (SSSR count). The van der Waals surface area contributed by atoms with E-state index in [2.05, 4.69) is 76.2 Å². The second-order valence-electron chi connectivity index (χ2n) is 11.3. The van der Waals surface area contributed by atoms with Crippen LogP contribution in [0.1, 0.15) is 102 Å². The predicted molar refractivity (Wildman–Crippen MR) is 94.1 cm³/mol. The van der Waals surface area contributed by atoms with Gasteiger partial charge in [-0.05, 0) is 53.3 Å². The molecule has 0 fully saturated rings. The first kappa shape index (κ1) is 20.0. The van der Waals surface area contributed by atoms with Crippen molar-refractivity contribution in [2.45, 2.75) is 102 Å². The molecule has 0 aliphatic heterocycles. The molecule has 0 unspecified atom stereocenters. The van der Waals surface area contributed by atoms with Crippen LogP contribution in [0.15, 0.2) is 0 Å². The first-order chi connectivity index (χ1) is 8.52. The summed E-state index contributed by atoms with van der Waals surface area (Å²) in [6.07, 6.45) is 5.31. The molecule has 0 aliphatic carbocycles. The normalized spacial score (nSPS) is 15.0. The Bertz CT molecular complexity index is 250. The number of hydrogen-bond donors (Lipinski definition) is 0. The van der Waals surface area contributed by atoms with E-state index in [0.29, 0.717) is 21.7 Å². The average molecular weight is 283 g/mol. The van der Waals surface area contributed by atoms with Gasteiger partial charge >= 0.3 is 0 Å². The van der Waals surface area contributed by atoms with Crippen molar-refractivity contribution in [3.63, 3.8) is 0 Å². The molecule has 0 heterocycles. The highest BCUT2D eigenvalue weighted by atomic mass is 14.4. The van der Waals surface area contributed by atoms with Gasteiger partial charge in [-0.15, -0.1) is 0 Å². The van der Waals surface area contributed by atoms with Gasteiger partial charge in [-0.25, -0.2) is 0 Å². The van der Waals surface area contributed by atoms with Gasteiger partial charge in [0.25, 0.3) is 0 Å². The van der Waals surface area contributed by atoms with Crippen LogP contribution in [0.5, 0.6) is 0 Å². The van der Waals surface area contributed by atoms with Crippen molar-refractivity contribution in [1.82, 2.24) is 0 Å². The van der Waals surface area contributed by atoms with E-state index in [0.717, 1.165) is 5.92 Å². The molecular formula is C20H42. The quantitative estimate of drug-likeness (QED) is 0.478. The standard InChI is InChI=1S/C20H42/c1-16(12-19(8,9)14-17(2,3)4)13-20(10,11)15-18(5,6)7/h16H,12-15H2,1-11H3. The Morgan fingerprint density at radius 2 is 0.800 bits per heavy atom. The SMILES string of the molecule is CC(CC(C)(C)CC(C)(C)C)CC(C)(C)CC(C)(C)C. The van der Waals surface area contributed by atoms with Gasteiger partial charge in [-0.2, -0.15) is 0 Å². The molecule has 0 N–H and O–H groups in total. The summed E-state index contributed by atoms with van der Waals surface area (Å²) in [5, 5.41) is 0. The molecule has 0 aromatic rings. The molecule has 0 aliphatic rings. The number of rotatable bonds is 6. The van der Waals surface area contributed by atoms with Crippen LogP contribution in [0.25, 0.3) is 0 Å². The van der Waals surface area contributed by atoms with E-state index in [1.54, 1.807) is 0 Å². The van der Waals surface area contributed by atoms with Crippen molar-refractivity contribution in [3.8, 4) is 0 Å². The predicted octanol–water partition coefficient (Wildman–Crippen LogP) is 7.33. The molecule has 0 spiro atoms. The van der Waals surface area contributed by atoms with Gasteiger partial charge in [0.15, 0.2) is 0 Å². The van der Waals surface area contributed by atoms with Crippen LogP contribution in [0, 0.1) is 27.6 Å². The first-order valence-corrected chi connectivity index (χ1v) is 8.52. The zero-order valence-corrected chi connectivity index (χ0v) is 16.4. The van der Waals surface area contributed by atoms with Crippen LogP contribution >= 0.6 is 0 Å². The zero-order chi connectivity index (χ0) is 16.4. The zero-order valence-electron chi connectivity index (χ0n) is 16.4. The lowest BCUT2D eigenvalue weighted by Crippen LogP contribution is -2.27. The van der Waals surface area contributed by atoms with E-state index in [9.17, 15) is 0 Å². The molecule has 0 atom stereocenters. The van der Waals surface area contributed by atoms with Crippen molar-refractivity contribution >= 4 is 0 Å². The van der Waals surface area contributed by atoms with E-state index in [-0.39, 0.29) is 0 Å². The summed E-state index contributed by atoms with van der Waals surface area (Å²) in [5.74, 6) is 0.810. The third-order valence-electron chi connectivity index (χ3n) is 3.82. The topological polar surface area (TPSA) is 0 Å². The lowest BCUT2D eigenvalue weighted by Gasteiger charge is -2.38. The Kier molecular flexibility index (Phi) is 6.41. The highest BCUT2D eigenvalue weighted by Crippen LogP contribution is 2.43. The fraction of sp³-hybridized carbons (Fsp3) is 1.00. The molecule has 0 aromatic carbocycles. The van der Waals surface area contributed by atoms with Gasteiger partial charge in [0.1, 0.15) is 0 Å². The summed E-state index contributed by atoms with van der Waals surface area (Å²) < 4.78 is 0. The van der Waals surface area contributed by atoms with Gasteiger partial charge in [0.2, 0.25) is 0 Å². The minimum Gasteiger partial charge on any atom is -0.0625 e. The Labute approximate surface area is 130 Å². The molecule has 0 aromatic heterocycles. The largest absolute Gasteiger partial charge is 0.0625 e. The van der Waals surface area contributed by atoms with Gasteiger partial charge in [0.05, 0.1) is 0 Å². The van der Waals surface area contributed by atoms with Crippen LogP contribution < -0.4 is 0 Å². The van der Waals surface area contributed by atoms with Crippen molar-refractivity contribution in [2.75, 3.05) is 0 Å². The smallest absolute Gasteiger partial charge is 0.0347 e. The molecular weight excluding hydrogens is 240 g/mol. The maximum absolute atomic E-state index is 2.45. The fourth-order valence-electron chi connectivity index (χ4n) is 4.97. The van der Waals surface area contributed by atoms with Crippen molar-refractivity contribution in [3.05, 3.63) is 0 Å². The molecule has 0 nitrogen and oxygen atoms in total. The summed E-state index contributed by atoms with van der Waals surface area (Å²) in [6.45, 7) is 26.4. The molecule has 0 radical (unpaired) electrons. The Morgan fingerprint density at radius 3 is 1.00 bits per heavy atom. The summed E-state index contributed by atoms with van der Waals surface area (Å²) in [4.78, 5) is 0. The van der Waals surface area contributed by atoms with Gasteiger partial charge in [-0.1, -0.05) is 76.2 Å². The third-order valence-corrected chi connectivity index (χ3v) is 3.82. The second kappa shape index (κ2) is 6.41.